The van der Waals surface area contributed by atoms with Crippen LogP contribution in [0.25, 0.3) is 0 Å². The Morgan fingerprint density at radius 2 is 1.65 bits per heavy atom. The Labute approximate surface area is 181 Å². The van der Waals surface area contributed by atoms with Gasteiger partial charge in [-0.05, 0) is 37.1 Å². The largest absolute Gasteiger partial charge is 0.363 e. The Balaban J connectivity index is 1.46. The third-order valence-electron chi connectivity index (χ3n) is 6.47. The molecule has 0 radical (unpaired) electrons. The molecule has 4 amide bonds. The van der Waals surface area contributed by atoms with Gasteiger partial charge < -0.3 is 15.0 Å². The van der Waals surface area contributed by atoms with Crippen molar-refractivity contribution in [2.75, 3.05) is 16.8 Å². The molecule has 0 aromatic heterocycles. The molecule has 2 heterocycles. The summed E-state index contributed by atoms with van der Waals surface area (Å²) < 4.78 is 6.19. The van der Waals surface area contributed by atoms with Crippen molar-refractivity contribution in [2.45, 2.75) is 43.9 Å². The van der Waals surface area contributed by atoms with Crippen molar-refractivity contribution in [1.29, 1.82) is 0 Å². The maximum absolute atomic E-state index is 13.5. The smallest absolute Gasteiger partial charge is 0.332 e. The number of carbonyl (C=O) groups excluding carboxylic acids is 3. The van der Waals surface area contributed by atoms with Gasteiger partial charge in [0.15, 0.2) is 6.10 Å². The number of anilines is 2. The number of hydrogen-bond acceptors (Lipinski definition) is 4. The van der Waals surface area contributed by atoms with Gasteiger partial charge in [0.1, 0.15) is 6.54 Å². The van der Waals surface area contributed by atoms with Gasteiger partial charge in [0.05, 0.1) is 17.8 Å². The average Bonchev–Trinajstić information content (AvgIpc) is 3.18. The molecule has 0 bridgehead atoms. The average molecular weight is 419 g/mol. The Bertz CT molecular complexity index is 981. The van der Waals surface area contributed by atoms with Crippen LogP contribution in [0.15, 0.2) is 60.7 Å². The van der Waals surface area contributed by atoms with E-state index in [-0.39, 0.29) is 30.4 Å². The van der Waals surface area contributed by atoms with Crippen LogP contribution in [0.3, 0.4) is 0 Å². The van der Waals surface area contributed by atoms with Crippen LogP contribution in [0.5, 0.6) is 0 Å². The van der Waals surface area contributed by atoms with Crippen LogP contribution in [0.4, 0.5) is 16.2 Å². The second-order valence-corrected chi connectivity index (χ2v) is 8.37. The number of urea groups is 1. The first-order valence-corrected chi connectivity index (χ1v) is 10.8. The minimum absolute atomic E-state index is 0.0455. The lowest BCUT2D eigenvalue weighted by Crippen LogP contribution is -2.65. The van der Waals surface area contributed by atoms with Crippen molar-refractivity contribution in [3.63, 3.8) is 0 Å². The third-order valence-corrected chi connectivity index (χ3v) is 6.47. The van der Waals surface area contributed by atoms with E-state index in [1.54, 1.807) is 41.3 Å². The molecular formula is C24H25N3O4. The number of benzene rings is 2. The first-order valence-electron chi connectivity index (χ1n) is 10.8. The number of nitrogens with one attached hydrogen (secondary N) is 1. The van der Waals surface area contributed by atoms with E-state index < -0.39 is 18.2 Å². The molecule has 3 aliphatic rings. The SMILES string of the molecule is O=C(CN1C(=O)N(c2ccccc2)C(=O)C2OC3CCCCC3C21)Nc1ccccc1. The van der Waals surface area contributed by atoms with E-state index in [2.05, 4.69) is 5.32 Å². The summed E-state index contributed by atoms with van der Waals surface area (Å²) in [5.41, 5.74) is 1.16. The van der Waals surface area contributed by atoms with Crippen LogP contribution in [-0.2, 0) is 14.3 Å². The van der Waals surface area contributed by atoms with E-state index in [4.69, 9.17) is 4.74 Å². The van der Waals surface area contributed by atoms with E-state index in [0.29, 0.717) is 11.4 Å². The second-order valence-electron chi connectivity index (χ2n) is 8.37. The molecule has 7 heteroatoms. The summed E-state index contributed by atoms with van der Waals surface area (Å²) in [7, 11) is 0. The summed E-state index contributed by atoms with van der Waals surface area (Å²) in [5.74, 6) is -0.552. The topological polar surface area (TPSA) is 79.0 Å². The number of nitrogens with zero attached hydrogens (tertiary/aromatic N) is 2. The van der Waals surface area contributed by atoms with Gasteiger partial charge in [-0.2, -0.15) is 0 Å². The molecule has 31 heavy (non-hydrogen) atoms. The van der Waals surface area contributed by atoms with Gasteiger partial charge in [-0.15, -0.1) is 0 Å². The van der Waals surface area contributed by atoms with Crippen LogP contribution >= 0.6 is 0 Å². The summed E-state index contributed by atoms with van der Waals surface area (Å²) in [5, 5.41) is 2.85. The third kappa shape index (κ3) is 3.59. The van der Waals surface area contributed by atoms with Gasteiger partial charge in [-0.1, -0.05) is 49.2 Å². The lowest BCUT2D eigenvalue weighted by Gasteiger charge is -2.42. The predicted octanol–water partition coefficient (Wildman–Crippen LogP) is 3.42. The van der Waals surface area contributed by atoms with E-state index in [0.717, 1.165) is 30.6 Å². The molecule has 4 atom stereocenters. The van der Waals surface area contributed by atoms with Gasteiger partial charge in [0, 0.05) is 11.6 Å². The van der Waals surface area contributed by atoms with Crippen molar-refractivity contribution in [1.82, 2.24) is 4.90 Å². The summed E-state index contributed by atoms with van der Waals surface area (Å²) in [4.78, 5) is 42.4. The highest BCUT2D eigenvalue weighted by Gasteiger charge is 2.57. The quantitative estimate of drug-likeness (QED) is 0.824. The fraction of sp³-hybridized carbons (Fsp3) is 0.375. The van der Waals surface area contributed by atoms with Crippen LogP contribution in [-0.4, -0.2) is 47.5 Å². The molecule has 160 valence electrons. The summed E-state index contributed by atoms with van der Waals surface area (Å²) >= 11 is 0. The molecule has 3 fully saturated rings. The molecule has 2 saturated heterocycles. The van der Waals surface area contributed by atoms with Crippen LogP contribution in [0.1, 0.15) is 25.7 Å². The summed E-state index contributed by atoms with van der Waals surface area (Å²) in [6.45, 7) is -0.127. The van der Waals surface area contributed by atoms with Gasteiger partial charge in [-0.25, -0.2) is 9.69 Å². The highest BCUT2D eigenvalue weighted by atomic mass is 16.5. The zero-order valence-electron chi connectivity index (χ0n) is 17.1. The van der Waals surface area contributed by atoms with Crippen molar-refractivity contribution < 1.29 is 19.1 Å². The first kappa shape index (κ1) is 19.8. The number of imide groups is 1. The molecule has 4 unspecified atom stereocenters. The molecule has 1 N–H and O–H groups in total. The number of ether oxygens (including phenoxy) is 1. The zero-order chi connectivity index (χ0) is 21.4. The van der Waals surface area contributed by atoms with E-state index in [1.165, 1.54) is 0 Å². The van der Waals surface area contributed by atoms with Gasteiger partial charge >= 0.3 is 6.03 Å². The number of hydrogen-bond donors (Lipinski definition) is 1. The number of carbonyl (C=O) groups is 3. The minimum atomic E-state index is -0.740. The zero-order valence-corrected chi connectivity index (χ0v) is 17.1. The van der Waals surface area contributed by atoms with Crippen molar-refractivity contribution >= 4 is 29.2 Å². The van der Waals surface area contributed by atoms with E-state index >= 15 is 0 Å². The fourth-order valence-corrected chi connectivity index (χ4v) is 5.12. The maximum Gasteiger partial charge on any atom is 0.332 e. The monoisotopic (exact) mass is 419 g/mol. The molecule has 0 spiro atoms. The standard InChI is InChI=1S/C24H25N3O4/c28-20(25-16-9-3-1-4-10-16)15-26-21-18-13-7-8-14-19(18)31-22(21)23(29)27(24(26)30)17-11-5-2-6-12-17/h1-6,9-12,18-19,21-22H,7-8,13-15H2,(H,25,28). The molecule has 2 aromatic carbocycles. The number of fused-ring (bicyclic) bond motifs is 3. The molecule has 5 rings (SSSR count). The normalized spacial score (nSPS) is 27.6. The summed E-state index contributed by atoms with van der Waals surface area (Å²) in [6.07, 6.45) is 3.09. The molecule has 2 aromatic rings. The second kappa shape index (κ2) is 8.15. The lowest BCUT2D eigenvalue weighted by atomic mass is 9.81. The Kier molecular flexibility index (Phi) is 5.19. The van der Waals surface area contributed by atoms with Crippen molar-refractivity contribution in [3.05, 3.63) is 60.7 Å². The van der Waals surface area contributed by atoms with Crippen molar-refractivity contribution in [3.8, 4) is 0 Å². The highest BCUT2D eigenvalue weighted by Crippen LogP contribution is 2.43. The van der Waals surface area contributed by atoms with Gasteiger partial charge in [0.25, 0.3) is 5.91 Å². The fourth-order valence-electron chi connectivity index (χ4n) is 5.12. The molecular weight excluding hydrogens is 394 g/mol. The number of rotatable bonds is 4. The van der Waals surface area contributed by atoms with E-state index in [9.17, 15) is 14.4 Å². The minimum Gasteiger partial charge on any atom is -0.363 e. The van der Waals surface area contributed by atoms with E-state index in [1.807, 2.05) is 24.3 Å². The van der Waals surface area contributed by atoms with Crippen LogP contribution in [0, 0.1) is 5.92 Å². The lowest BCUT2D eigenvalue weighted by molar-refractivity contribution is -0.133. The van der Waals surface area contributed by atoms with Crippen molar-refractivity contribution in [2.24, 2.45) is 5.92 Å². The molecule has 7 nitrogen and oxygen atoms in total. The predicted molar refractivity (Wildman–Crippen MR) is 116 cm³/mol. The molecule has 1 aliphatic carbocycles. The summed E-state index contributed by atoms with van der Waals surface area (Å²) in [6, 6.07) is 17.1. The molecule has 1 saturated carbocycles. The first-order chi connectivity index (χ1) is 15.1. The molecule has 2 aliphatic heterocycles. The van der Waals surface area contributed by atoms with Gasteiger partial charge in [-0.3, -0.25) is 9.59 Å². The Morgan fingerprint density at radius 1 is 0.968 bits per heavy atom. The number of amides is 4. The number of para-hydroxylation sites is 2. The van der Waals surface area contributed by atoms with Crippen LogP contribution < -0.4 is 10.2 Å². The Hall–Kier alpha value is -3.19. The van der Waals surface area contributed by atoms with Crippen LogP contribution in [0.2, 0.25) is 0 Å². The maximum atomic E-state index is 13.5. The Morgan fingerprint density at radius 3 is 2.39 bits per heavy atom. The highest BCUT2D eigenvalue weighted by molar-refractivity contribution is 6.18. The van der Waals surface area contributed by atoms with Gasteiger partial charge in [0.2, 0.25) is 5.91 Å².